The number of anilines is 1. The van der Waals surface area contributed by atoms with Crippen molar-refractivity contribution in [2.24, 2.45) is 0 Å². The lowest BCUT2D eigenvalue weighted by atomic mass is 10.1. The minimum Gasteiger partial charge on any atom is -0.387 e. The highest BCUT2D eigenvalue weighted by Crippen LogP contribution is 2.60. The number of fused-ring (bicyclic) bond motifs is 1. The second-order valence-corrected chi connectivity index (χ2v) is 11.0. The molecular formula is C16H25N5O14P2. The molecule has 4 heterocycles. The molecule has 19 nitrogen and oxygen atoms in total. The number of phosphoric ester groups is 2. The van der Waals surface area contributed by atoms with E-state index in [1.165, 1.54) is 18.0 Å². The van der Waals surface area contributed by atoms with E-state index in [0.717, 1.165) is 6.33 Å². The van der Waals surface area contributed by atoms with Crippen molar-refractivity contribution in [3.05, 3.63) is 12.7 Å². The van der Waals surface area contributed by atoms with E-state index in [0.29, 0.717) is 0 Å². The Morgan fingerprint density at radius 2 is 1.54 bits per heavy atom. The fraction of sp³-hybridized carbons (Fsp3) is 0.688. The van der Waals surface area contributed by atoms with Crippen LogP contribution in [0.4, 0.5) is 5.82 Å². The van der Waals surface area contributed by atoms with E-state index >= 15 is 0 Å². The van der Waals surface area contributed by atoms with Crippen LogP contribution in [0.15, 0.2) is 12.7 Å². The predicted molar refractivity (Wildman–Crippen MR) is 116 cm³/mol. The number of nitrogen functional groups attached to an aromatic ring is 1. The van der Waals surface area contributed by atoms with Gasteiger partial charge in [-0.1, -0.05) is 0 Å². The van der Waals surface area contributed by atoms with Crippen molar-refractivity contribution in [3.8, 4) is 0 Å². The third-order valence-electron chi connectivity index (χ3n) is 5.56. The lowest BCUT2D eigenvalue weighted by Gasteiger charge is -2.20. The Hall–Kier alpha value is -1.67. The molecule has 2 aromatic heterocycles. The Balaban J connectivity index is 1.33. The summed E-state index contributed by atoms with van der Waals surface area (Å²) in [7, 11) is -9.35. The molecule has 4 rings (SSSR count). The first-order valence-corrected chi connectivity index (χ1v) is 13.5. The van der Waals surface area contributed by atoms with E-state index in [1.807, 2.05) is 0 Å². The highest BCUT2D eigenvalue weighted by molar-refractivity contribution is 7.61. The third kappa shape index (κ3) is 6.00. The Bertz CT molecular complexity index is 1200. The third-order valence-corrected chi connectivity index (χ3v) is 8.16. The number of methoxy groups -OCH3 is 1. The summed E-state index contributed by atoms with van der Waals surface area (Å²) in [4.78, 5) is 31.5. The van der Waals surface area contributed by atoms with Gasteiger partial charge in [0, 0.05) is 7.11 Å². The summed E-state index contributed by atoms with van der Waals surface area (Å²) in [5.74, 6) is 0.0642. The average Bonchev–Trinajstić information content (AvgIpc) is 3.46. The van der Waals surface area contributed by atoms with Crippen molar-refractivity contribution in [1.82, 2.24) is 19.5 Å². The molecule has 0 radical (unpaired) electrons. The molecular weight excluding hydrogens is 548 g/mol. The van der Waals surface area contributed by atoms with Gasteiger partial charge in [0.1, 0.15) is 48.5 Å². The number of phosphoric acid groups is 2. The molecule has 8 N–H and O–H groups in total. The monoisotopic (exact) mass is 573 g/mol. The van der Waals surface area contributed by atoms with Gasteiger partial charge in [-0.15, -0.1) is 0 Å². The number of imidazole rings is 1. The zero-order valence-corrected chi connectivity index (χ0v) is 20.7. The number of hydrogen-bond acceptors (Lipinski definition) is 16. The average molecular weight is 573 g/mol. The van der Waals surface area contributed by atoms with Crippen LogP contribution in [0.5, 0.6) is 0 Å². The van der Waals surface area contributed by atoms with E-state index in [4.69, 9.17) is 19.9 Å². The number of nitrogens with two attached hydrogens (primary N) is 1. The molecule has 208 valence electrons. The lowest BCUT2D eigenvalue weighted by Crippen LogP contribution is -2.34. The molecule has 0 bridgehead atoms. The zero-order chi connectivity index (χ0) is 27.1. The Morgan fingerprint density at radius 1 is 0.946 bits per heavy atom. The van der Waals surface area contributed by atoms with Crippen LogP contribution < -0.4 is 5.73 Å². The van der Waals surface area contributed by atoms with E-state index in [2.05, 4.69) is 28.3 Å². The number of aliphatic hydroxyl groups is 4. The number of nitrogens with zero attached hydrogens (tertiary/aromatic N) is 4. The fourth-order valence-electron chi connectivity index (χ4n) is 3.71. The molecule has 0 aromatic carbocycles. The second-order valence-electron chi connectivity index (χ2n) is 8.00. The predicted octanol–water partition coefficient (Wildman–Crippen LogP) is -2.63. The Kier molecular flexibility index (Phi) is 8.30. The van der Waals surface area contributed by atoms with E-state index in [9.17, 15) is 39.3 Å². The van der Waals surface area contributed by atoms with Gasteiger partial charge < -0.3 is 50.2 Å². The molecule has 0 spiro atoms. The molecule has 0 aliphatic carbocycles. The van der Waals surface area contributed by atoms with Gasteiger partial charge in [0.05, 0.1) is 19.5 Å². The molecule has 21 heteroatoms. The van der Waals surface area contributed by atoms with E-state index in [1.54, 1.807) is 0 Å². The summed E-state index contributed by atoms with van der Waals surface area (Å²) in [5, 5.41) is 40.3. The maximum absolute atomic E-state index is 12.2. The summed E-state index contributed by atoms with van der Waals surface area (Å²) in [6, 6.07) is 0. The number of hydrogen-bond donors (Lipinski definition) is 7. The minimum absolute atomic E-state index is 0.0642. The molecule has 2 aromatic rings. The van der Waals surface area contributed by atoms with Gasteiger partial charge in [0.15, 0.2) is 24.0 Å². The van der Waals surface area contributed by atoms with Crippen molar-refractivity contribution in [3.63, 3.8) is 0 Å². The maximum atomic E-state index is 12.2. The number of ether oxygens (including phenoxy) is 3. The molecule has 2 aliphatic heterocycles. The molecule has 2 saturated heterocycles. The molecule has 37 heavy (non-hydrogen) atoms. The smallest absolute Gasteiger partial charge is 0.387 e. The van der Waals surface area contributed by atoms with Crippen molar-refractivity contribution in [2.45, 2.75) is 49.1 Å². The summed E-state index contributed by atoms with van der Waals surface area (Å²) in [5.41, 5.74) is 6.12. The van der Waals surface area contributed by atoms with Crippen molar-refractivity contribution >= 4 is 32.6 Å². The normalized spacial score (nSPS) is 35.5. The van der Waals surface area contributed by atoms with Gasteiger partial charge >= 0.3 is 15.6 Å². The molecule has 10 atom stereocenters. The number of rotatable bonds is 10. The largest absolute Gasteiger partial charge is 0.481 e. The van der Waals surface area contributed by atoms with Crippen molar-refractivity contribution < 1.29 is 66.9 Å². The summed E-state index contributed by atoms with van der Waals surface area (Å²) < 4.78 is 54.4. The lowest BCUT2D eigenvalue weighted by molar-refractivity contribution is -0.152. The Morgan fingerprint density at radius 3 is 2.14 bits per heavy atom. The Labute approximate surface area is 207 Å². The molecule has 2 fully saturated rings. The quantitative estimate of drug-likeness (QED) is 0.143. The molecule has 2 unspecified atom stereocenters. The van der Waals surface area contributed by atoms with Crippen LogP contribution in [-0.2, 0) is 36.7 Å². The molecule has 0 amide bonds. The summed E-state index contributed by atoms with van der Waals surface area (Å²) in [6.45, 7) is -1.68. The summed E-state index contributed by atoms with van der Waals surface area (Å²) >= 11 is 0. The fourth-order valence-corrected chi connectivity index (χ4v) is 5.80. The topological polar surface area (TPSA) is 281 Å². The van der Waals surface area contributed by atoms with Gasteiger partial charge in [-0.05, 0) is 0 Å². The van der Waals surface area contributed by atoms with Gasteiger partial charge in [-0.2, -0.15) is 4.31 Å². The van der Waals surface area contributed by atoms with Gasteiger partial charge in [0.2, 0.25) is 0 Å². The van der Waals surface area contributed by atoms with Crippen LogP contribution in [-0.4, -0.2) is 113 Å². The van der Waals surface area contributed by atoms with Crippen LogP contribution in [0.1, 0.15) is 6.23 Å². The van der Waals surface area contributed by atoms with Gasteiger partial charge in [-0.3, -0.25) is 13.6 Å². The maximum Gasteiger partial charge on any atom is 0.481 e. The first kappa shape index (κ1) is 28.3. The van der Waals surface area contributed by atoms with Crippen molar-refractivity contribution in [1.29, 1.82) is 0 Å². The minimum atomic E-state index is -5.29. The molecule has 0 saturated carbocycles. The SMILES string of the molecule is CO[C@@H]1O[C@H](COP(=O)(O)OP(=O)(O)OC[C@H]2O[C@@H](n3cnc4c(N)ncnc43)[C@H](O)[C@@H]2O)[C@@H](O)[C@H]1O. The van der Waals surface area contributed by atoms with Crippen LogP contribution in [0.3, 0.4) is 0 Å². The molecule has 2 aliphatic rings. The standard InChI is InChI=1S/C16H25N5O14P2/c1-30-16-12(25)10(23)7(34-16)3-32-37(28,29)35-36(26,27)31-2-6-9(22)11(24)15(33-6)21-5-20-8-13(17)18-4-19-14(8)21/h4-7,9-12,15-16,22-25H,2-3H2,1H3,(H,26,27)(H,28,29)(H2,17,18,19)/t6-,7-,9-,10-,11-,12-,15-,16-/m1/s1. The van der Waals surface area contributed by atoms with E-state index in [-0.39, 0.29) is 17.0 Å². The first-order valence-electron chi connectivity index (χ1n) is 10.5. The zero-order valence-electron chi connectivity index (χ0n) is 18.9. The second kappa shape index (κ2) is 10.8. The van der Waals surface area contributed by atoms with Crippen molar-refractivity contribution in [2.75, 3.05) is 26.1 Å². The summed E-state index contributed by atoms with van der Waals surface area (Å²) in [6.07, 6.45) is -8.99. The highest BCUT2D eigenvalue weighted by atomic mass is 31.3. The van der Waals surface area contributed by atoms with Crippen LogP contribution in [0, 0.1) is 0 Å². The highest BCUT2D eigenvalue weighted by Gasteiger charge is 2.47. The number of aliphatic hydroxyl groups excluding tert-OH is 4. The van der Waals surface area contributed by atoms with Crippen LogP contribution >= 0.6 is 15.6 Å². The van der Waals surface area contributed by atoms with Gasteiger partial charge in [-0.25, -0.2) is 24.1 Å². The number of aromatic nitrogens is 4. The van der Waals surface area contributed by atoms with E-state index < -0.39 is 78.0 Å². The van der Waals surface area contributed by atoms with Crippen LogP contribution in [0.2, 0.25) is 0 Å². The van der Waals surface area contributed by atoms with Gasteiger partial charge in [0.25, 0.3) is 0 Å². The first-order chi connectivity index (χ1) is 17.3. The van der Waals surface area contributed by atoms with Crippen LogP contribution in [0.25, 0.3) is 11.2 Å².